The summed E-state index contributed by atoms with van der Waals surface area (Å²) in [5.74, 6) is 0.0367. The zero-order valence-corrected chi connectivity index (χ0v) is 8.57. The minimum Gasteiger partial charge on any atom is -0.398 e. The van der Waals surface area contributed by atoms with Crippen molar-refractivity contribution in [3.05, 3.63) is 29.8 Å². The molecule has 4 nitrogen and oxygen atoms in total. The Balaban J connectivity index is 2.16. The normalized spacial score (nSPS) is 16.4. The van der Waals surface area contributed by atoms with Crippen molar-refractivity contribution >= 4 is 11.6 Å². The Kier molecular flexibility index (Phi) is 2.87. The lowest BCUT2D eigenvalue weighted by molar-refractivity contribution is 0.0737. The number of carbonyl (C=O) groups excluding carboxylic acids is 1. The van der Waals surface area contributed by atoms with Crippen LogP contribution < -0.4 is 11.1 Å². The van der Waals surface area contributed by atoms with Crippen LogP contribution in [0, 0.1) is 0 Å². The molecule has 1 heterocycles. The first-order valence-electron chi connectivity index (χ1n) is 5.13. The molecule has 1 fully saturated rings. The Bertz CT molecular complexity index is 359. The lowest BCUT2D eigenvalue weighted by Gasteiger charge is -2.27. The minimum absolute atomic E-state index is 0.0367. The van der Waals surface area contributed by atoms with Gasteiger partial charge in [0.15, 0.2) is 0 Å². The van der Waals surface area contributed by atoms with Gasteiger partial charge in [-0.3, -0.25) is 4.79 Å². The van der Waals surface area contributed by atoms with Gasteiger partial charge in [0.25, 0.3) is 5.91 Å². The van der Waals surface area contributed by atoms with Gasteiger partial charge >= 0.3 is 0 Å². The van der Waals surface area contributed by atoms with Crippen LogP contribution in [0.3, 0.4) is 0 Å². The van der Waals surface area contributed by atoms with Gasteiger partial charge in [0.05, 0.1) is 5.56 Å². The summed E-state index contributed by atoms with van der Waals surface area (Å²) >= 11 is 0. The predicted molar refractivity (Wildman–Crippen MR) is 59.6 cm³/mol. The number of rotatable bonds is 1. The number of para-hydroxylation sites is 1. The van der Waals surface area contributed by atoms with Crippen molar-refractivity contribution in [3.8, 4) is 0 Å². The molecule has 1 aliphatic rings. The van der Waals surface area contributed by atoms with Crippen LogP contribution >= 0.6 is 0 Å². The third-order valence-electron chi connectivity index (χ3n) is 2.60. The van der Waals surface area contributed by atoms with Crippen LogP contribution in [-0.2, 0) is 0 Å². The molecule has 0 atom stereocenters. The average Bonchev–Trinajstić information content (AvgIpc) is 2.30. The maximum atomic E-state index is 12.0. The number of nitrogen functional groups attached to an aromatic ring is 1. The van der Waals surface area contributed by atoms with E-state index < -0.39 is 0 Å². The molecule has 0 saturated carbocycles. The molecule has 1 amide bonds. The number of anilines is 1. The zero-order valence-electron chi connectivity index (χ0n) is 8.57. The topological polar surface area (TPSA) is 58.4 Å². The molecule has 0 unspecified atom stereocenters. The fourth-order valence-corrected chi connectivity index (χ4v) is 1.73. The molecule has 80 valence electrons. The van der Waals surface area contributed by atoms with Crippen LogP contribution in [0.15, 0.2) is 24.3 Å². The van der Waals surface area contributed by atoms with Crippen molar-refractivity contribution in [2.75, 3.05) is 31.9 Å². The summed E-state index contributed by atoms with van der Waals surface area (Å²) in [5, 5.41) is 3.21. The van der Waals surface area contributed by atoms with E-state index in [9.17, 15) is 4.79 Å². The Labute approximate surface area is 89.1 Å². The van der Waals surface area contributed by atoms with E-state index in [0.29, 0.717) is 11.3 Å². The highest BCUT2D eigenvalue weighted by molar-refractivity contribution is 5.99. The van der Waals surface area contributed by atoms with Crippen molar-refractivity contribution in [1.29, 1.82) is 0 Å². The molecule has 0 spiro atoms. The molecule has 0 bridgehead atoms. The third-order valence-corrected chi connectivity index (χ3v) is 2.60. The first-order valence-corrected chi connectivity index (χ1v) is 5.13. The summed E-state index contributed by atoms with van der Waals surface area (Å²) in [7, 11) is 0. The van der Waals surface area contributed by atoms with Crippen LogP contribution in [0.5, 0.6) is 0 Å². The summed E-state index contributed by atoms with van der Waals surface area (Å²) in [4.78, 5) is 13.9. The Morgan fingerprint density at radius 3 is 2.60 bits per heavy atom. The maximum Gasteiger partial charge on any atom is 0.256 e. The highest BCUT2D eigenvalue weighted by atomic mass is 16.2. The van der Waals surface area contributed by atoms with E-state index in [1.165, 1.54) is 0 Å². The molecule has 0 aromatic heterocycles. The largest absolute Gasteiger partial charge is 0.398 e. The first-order chi connectivity index (χ1) is 7.29. The van der Waals surface area contributed by atoms with E-state index >= 15 is 0 Å². The van der Waals surface area contributed by atoms with E-state index in [1.807, 2.05) is 17.0 Å². The van der Waals surface area contributed by atoms with Crippen LogP contribution in [0.2, 0.25) is 0 Å². The molecule has 0 aliphatic carbocycles. The van der Waals surface area contributed by atoms with Crippen molar-refractivity contribution in [2.24, 2.45) is 0 Å². The van der Waals surface area contributed by atoms with Crippen molar-refractivity contribution in [2.45, 2.75) is 0 Å². The molecule has 1 aromatic rings. The lowest BCUT2D eigenvalue weighted by atomic mass is 10.1. The van der Waals surface area contributed by atoms with E-state index in [1.54, 1.807) is 12.1 Å². The smallest absolute Gasteiger partial charge is 0.256 e. The van der Waals surface area contributed by atoms with Gasteiger partial charge in [-0.15, -0.1) is 0 Å². The molecule has 4 heteroatoms. The first kappa shape index (κ1) is 9.98. The van der Waals surface area contributed by atoms with Gasteiger partial charge < -0.3 is 16.0 Å². The number of nitrogens with one attached hydrogen (secondary N) is 1. The third kappa shape index (κ3) is 2.10. The monoisotopic (exact) mass is 205 g/mol. The van der Waals surface area contributed by atoms with E-state index in [-0.39, 0.29) is 5.91 Å². The summed E-state index contributed by atoms with van der Waals surface area (Å²) in [5.41, 5.74) is 6.93. The number of amides is 1. The lowest BCUT2D eigenvalue weighted by Crippen LogP contribution is -2.46. The Morgan fingerprint density at radius 2 is 1.93 bits per heavy atom. The molecular formula is C11H15N3O. The second-order valence-corrected chi connectivity index (χ2v) is 3.63. The minimum atomic E-state index is 0.0367. The number of piperazine rings is 1. The van der Waals surface area contributed by atoms with Crippen molar-refractivity contribution < 1.29 is 4.79 Å². The van der Waals surface area contributed by atoms with Gasteiger partial charge in [-0.1, -0.05) is 12.1 Å². The Hall–Kier alpha value is -1.55. The number of hydrogen-bond donors (Lipinski definition) is 2. The number of nitrogens with zero attached hydrogens (tertiary/aromatic N) is 1. The fraction of sp³-hybridized carbons (Fsp3) is 0.364. The quantitative estimate of drug-likeness (QED) is 0.649. The molecular weight excluding hydrogens is 190 g/mol. The van der Waals surface area contributed by atoms with Crippen molar-refractivity contribution in [1.82, 2.24) is 10.2 Å². The number of carbonyl (C=O) groups is 1. The summed E-state index contributed by atoms with van der Waals surface area (Å²) in [6.07, 6.45) is 0. The second-order valence-electron chi connectivity index (χ2n) is 3.63. The van der Waals surface area contributed by atoms with E-state index in [0.717, 1.165) is 26.2 Å². The summed E-state index contributed by atoms with van der Waals surface area (Å²) < 4.78 is 0. The Morgan fingerprint density at radius 1 is 1.27 bits per heavy atom. The molecule has 2 rings (SSSR count). The van der Waals surface area contributed by atoms with Crippen LogP contribution in [0.25, 0.3) is 0 Å². The van der Waals surface area contributed by atoms with E-state index in [2.05, 4.69) is 5.32 Å². The highest BCUT2D eigenvalue weighted by Crippen LogP contribution is 2.13. The predicted octanol–water partition coefficient (Wildman–Crippen LogP) is 0.314. The summed E-state index contributed by atoms with van der Waals surface area (Å²) in [6.45, 7) is 3.23. The number of benzene rings is 1. The zero-order chi connectivity index (χ0) is 10.7. The maximum absolute atomic E-state index is 12.0. The van der Waals surface area contributed by atoms with Crippen LogP contribution in [-0.4, -0.2) is 37.0 Å². The standard InChI is InChI=1S/C11H15N3O/c12-10-4-2-1-3-9(10)11(15)14-7-5-13-6-8-14/h1-4,13H,5-8,12H2. The van der Waals surface area contributed by atoms with Crippen LogP contribution in [0.4, 0.5) is 5.69 Å². The number of hydrogen-bond acceptors (Lipinski definition) is 3. The molecule has 15 heavy (non-hydrogen) atoms. The van der Waals surface area contributed by atoms with Gasteiger partial charge in [0.1, 0.15) is 0 Å². The van der Waals surface area contributed by atoms with Gasteiger partial charge in [-0.25, -0.2) is 0 Å². The van der Waals surface area contributed by atoms with Crippen LogP contribution in [0.1, 0.15) is 10.4 Å². The van der Waals surface area contributed by atoms with Gasteiger partial charge in [0, 0.05) is 31.9 Å². The highest BCUT2D eigenvalue weighted by Gasteiger charge is 2.18. The van der Waals surface area contributed by atoms with Gasteiger partial charge in [0.2, 0.25) is 0 Å². The molecule has 1 saturated heterocycles. The fourth-order valence-electron chi connectivity index (χ4n) is 1.73. The molecule has 0 radical (unpaired) electrons. The molecule has 1 aromatic carbocycles. The number of nitrogens with two attached hydrogens (primary N) is 1. The molecule has 1 aliphatic heterocycles. The van der Waals surface area contributed by atoms with Gasteiger partial charge in [-0.2, -0.15) is 0 Å². The average molecular weight is 205 g/mol. The second kappa shape index (κ2) is 4.31. The molecule has 3 N–H and O–H groups in total. The van der Waals surface area contributed by atoms with Gasteiger partial charge in [-0.05, 0) is 12.1 Å². The SMILES string of the molecule is Nc1ccccc1C(=O)N1CCNCC1. The summed E-state index contributed by atoms with van der Waals surface area (Å²) in [6, 6.07) is 7.21. The van der Waals surface area contributed by atoms with E-state index in [4.69, 9.17) is 5.73 Å². The van der Waals surface area contributed by atoms with Crippen molar-refractivity contribution in [3.63, 3.8) is 0 Å².